The number of halogens is 1. The minimum atomic E-state index is -1.46. The van der Waals surface area contributed by atoms with E-state index in [4.69, 9.17) is 5.11 Å². The topological polar surface area (TPSA) is 57.5 Å². The van der Waals surface area contributed by atoms with Gasteiger partial charge in [-0.05, 0) is 22.9 Å². The Labute approximate surface area is 82.0 Å². The molecule has 0 saturated heterocycles. The first-order valence-corrected chi connectivity index (χ1v) is 4.61. The van der Waals surface area contributed by atoms with Crippen molar-refractivity contribution in [3.05, 3.63) is 28.9 Å². The number of carboxylic acids is 1. The summed E-state index contributed by atoms with van der Waals surface area (Å²) < 4.78 is 13.7. The van der Waals surface area contributed by atoms with Crippen molar-refractivity contribution in [2.45, 2.75) is 0 Å². The van der Waals surface area contributed by atoms with Gasteiger partial charge in [-0.25, -0.2) is 9.18 Å². The van der Waals surface area contributed by atoms with Crippen LogP contribution in [0.2, 0.25) is 0 Å². The van der Waals surface area contributed by atoms with Gasteiger partial charge in [-0.2, -0.15) is 0 Å². The predicted octanol–water partition coefficient (Wildman–Crippen LogP) is 2.44. The number of hydrogen-bond acceptors (Lipinski definition) is 3. The molecule has 0 bridgehead atoms. The summed E-state index contributed by atoms with van der Waals surface area (Å²) in [5.74, 6) is -2.88. The second kappa shape index (κ2) is 2.95. The molecule has 0 aliphatic rings. The van der Waals surface area contributed by atoms with Gasteiger partial charge < -0.3 is 10.2 Å². The highest BCUT2D eigenvalue weighted by atomic mass is 32.1. The van der Waals surface area contributed by atoms with Gasteiger partial charge >= 0.3 is 5.97 Å². The van der Waals surface area contributed by atoms with Gasteiger partial charge in [0.05, 0.1) is 4.70 Å². The summed E-state index contributed by atoms with van der Waals surface area (Å²) in [5.41, 5.74) is -0.667. The molecule has 72 valence electrons. The minimum Gasteiger partial charge on any atom is -0.507 e. The van der Waals surface area contributed by atoms with Crippen LogP contribution in [0.1, 0.15) is 10.4 Å². The fourth-order valence-corrected chi connectivity index (χ4v) is 2.08. The number of benzene rings is 1. The number of carbonyl (C=O) groups is 1. The summed E-state index contributed by atoms with van der Waals surface area (Å²) in [4.78, 5) is 10.6. The van der Waals surface area contributed by atoms with E-state index in [1.807, 2.05) is 0 Å². The van der Waals surface area contributed by atoms with E-state index in [0.717, 1.165) is 11.3 Å². The van der Waals surface area contributed by atoms with Gasteiger partial charge in [0.15, 0.2) is 5.82 Å². The Morgan fingerprint density at radius 3 is 2.86 bits per heavy atom. The Hall–Kier alpha value is -1.62. The number of aromatic hydroxyl groups is 1. The standard InChI is InChI=1S/C9H5FO3S/c10-7-6(9(12)13)5(11)3-4-1-2-14-8(4)7/h1-3,11H,(H,12,13). The molecule has 5 heteroatoms. The van der Waals surface area contributed by atoms with E-state index < -0.39 is 23.1 Å². The molecule has 0 radical (unpaired) electrons. The lowest BCUT2D eigenvalue weighted by molar-refractivity contribution is 0.0689. The second-order valence-corrected chi connectivity index (χ2v) is 3.64. The Kier molecular flexibility index (Phi) is 1.89. The molecule has 0 atom stereocenters. The van der Waals surface area contributed by atoms with Crippen LogP contribution >= 0.6 is 11.3 Å². The molecular formula is C9H5FO3S. The van der Waals surface area contributed by atoms with Crippen LogP contribution in [-0.4, -0.2) is 16.2 Å². The third kappa shape index (κ3) is 1.13. The van der Waals surface area contributed by atoms with Gasteiger partial charge in [-0.3, -0.25) is 0 Å². The van der Waals surface area contributed by atoms with Crippen LogP contribution in [0.4, 0.5) is 4.39 Å². The van der Waals surface area contributed by atoms with E-state index in [2.05, 4.69) is 0 Å². The zero-order chi connectivity index (χ0) is 10.3. The highest BCUT2D eigenvalue weighted by molar-refractivity contribution is 7.17. The highest BCUT2D eigenvalue weighted by Crippen LogP contribution is 2.32. The van der Waals surface area contributed by atoms with E-state index in [1.165, 1.54) is 6.07 Å². The van der Waals surface area contributed by atoms with Crippen LogP contribution < -0.4 is 0 Å². The first kappa shape index (κ1) is 8.96. The SMILES string of the molecule is O=C(O)c1c(O)cc2ccsc2c1F. The fraction of sp³-hybridized carbons (Fsp3) is 0. The van der Waals surface area contributed by atoms with Crippen LogP contribution in [0.3, 0.4) is 0 Å². The predicted molar refractivity (Wildman–Crippen MR) is 50.4 cm³/mol. The number of fused-ring (bicyclic) bond motifs is 1. The molecule has 0 unspecified atom stereocenters. The van der Waals surface area contributed by atoms with Gasteiger partial charge in [-0.15, -0.1) is 11.3 Å². The summed E-state index contributed by atoms with van der Waals surface area (Å²) in [6, 6.07) is 2.87. The van der Waals surface area contributed by atoms with Gasteiger partial charge in [0.25, 0.3) is 0 Å². The van der Waals surface area contributed by atoms with E-state index in [0.29, 0.717) is 5.39 Å². The summed E-state index contributed by atoms with van der Waals surface area (Å²) >= 11 is 1.10. The molecule has 0 saturated carbocycles. The molecule has 0 amide bonds. The van der Waals surface area contributed by atoms with Crippen molar-refractivity contribution in [3.63, 3.8) is 0 Å². The van der Waals surface area contributed by atoms with E-state index in [1.54, 1.807) is 11.4 Å². The molecule has 2 N–H and O–H groups in total. The zero-order valence-electron chi connectivity index (χ0n) is 6.82. The largest absolute Gasteiger partial charge is 0.507 e. The Balaban J connectivity index is 2.89. The minimum absolute atomic E-state index is 0.250. The fourth-order valence-electron chi connectivity index (χ4n) is 1.26. The normalized spacial score (nSPS) is 10.6. The van der Waals surface area contributed by atoms with Crippen LogP contribution in [0.15, 0.2) is 17.5 Å². The lowest BCUT2D eigenvalue weighted by atomic mass is 10.1. The van der Waals surface area contributed by atoms with E-state index in [-0.39, 0.29) is 4.70 Å². The number of hydrogen-bond donors (Lipinski definition) is 2. The smallest absolute Gasteiger partial charge is 0.342 e. The van der Waals surface area contributed by atoms with Crippen LogP contribution in [-0.2, 0) is 0 Å². The molecule has 0 aliphatic heterocycles. The molecule has 1 heterocycles. The molecule has 2 aromatic rings. The maximum Gasteiger partial charge on any atom is 0.342 e. The van der Waals surface area contributed by atoms with Crippen molar-refractivity contribution in [3.8, 4) is 5.75 Å². The van der Waals surface area contributed by atoms with E-state index >= 15 is 0 Å². The Morgan fingerprint density at radius 1 is 1.50 bits per heavy atom. The number of aromatic carboxylic acids is 1. The average Bonchev–Trinajstić information content (AvgIpc) is 2.50. The van der Waals surface area contributed by atoms with Gasteiger partial charge in [-0.1, -0.05) is 0 Å². The molecule has 2 rings (SSSR count). The summed E-state index contributed by atoms with van der Waals surface area (Å²) in [6.45, 7) is 0. The number of phenols is 1. The quantitative estimate of drug-likeness (QED) is 0.763. The zero-order valence-corrected chi connectivity index (χ0v) is 7.64. The lowest BCUT2D eigenvalue weighted by Crippen LogP contribution is -2.00. The molecule has 1 aromatic carbocycles. The monoisotopic (exact) mass is 212 g/mol. The molecular weight excluding hydrogens is 207 g/mol. The van der Waals surface area contributed by atoms with Crippen molar-refractivity contribution in [2.24, 2.45) is 0 Å². The lowest BCUT2D eigenvalue weighted by Gasteiger charge is -2.01. The molecule has 0 fully saturated rings. The molecule has 14 heavy (non-hydrogen) atoms. The van der Waals surface area contributed by atoms with Crippen molar-refractivity contribution in [2.75, 3.05) is 0 Å². The van der Waals surface area contributed by atoms with Gasteiger partial charge in [0.1, 0.15) is 11.3 Å². The Morgan fingerprint density at radius 2 is 2.21 bits per heavy atom. The number of thiophene rings is 1. The summed E-state index contributed by atoms with van der Waals surface area (Å²) in [6.07, 6.45) is 0. The summed E-state index contributed by atoms with van der Waals surface area (Å²) in [5, 5.41) is 20.1. The highest BCUT2D eigenvalue weighted by Gasteiger charge is 2.19. The second-order valence-electron chi connectivity index (χ2n) is 2.73. The summed E-state index contributed by atoms with van der Waals surface area (Å²) in [7, 11) is 0. The molecule has 1 aromatic heterocycles. The molecule has 3 nitrogen and oxygen atoms in total. The number of rotatable bonds is 1. The van der Waals surface area contributed by atoms with Crippen LogP contribution in [0.25, 0.3) is 10.1 Å². The first-order chi connectivity index (χ1) is 6.61. The maximum absolute atomic E-state index is 13.5. The molecule has 0 aliphatic carbocycles. The van der Waals surface area contributed by atoms with Crippen LogP contribution in [0, 0.1) is 5.82 Å². The third-order valence-corrected chi connectivity index (χ3v) is 2.80. The molecule has 0 spiro atoms. The van der Waals surface area contributed by atoms with Crippen molar-refractivity contribution < 1.29 is 19.4 Å². The first-order valence-electron chi connectivity index (χ1n) is 3.73. The van der Waals surface area contributed by atoms with E-state index in [9.17, 15) is 14.3 Å². The van der Waals surface area contributed by atoms with Crippen molar-refractivity contribution in [1.82, 2.24) is 0 Å². The third-order valence-electron chi connectivity index (χ3n) is 1.88. The van der Waals surface area contributed by atoms with Gasteiger partial charge in [0, 0.05) is 0 Å². The number of carboxylic acid groups (broad SMARTS) is 1. The maximum atomic E-state index is 13.5. The van der Waals surface area contributed by atoms with Crippen molar-refractivity contribution >= 4 is 27.4 Å². The average molecular weight is 212 g/mol. The Bertz CT molecular complexity index is 518. The van der Waals surface area contributed by atoms with Crippen molar-refractivity contribution in [1.29, 1.82) is 0 Å². The van der Waals surface area contributed by atoms with Gasteiger partial charge in [0.2, 0.25) is 0 Å². The van der Waals surface area contributed by atoms with Crippen LogP contribution in [0.5, 0.6) is 5.75 Å².